The van der Waals surface area contributed by atoms with Gasteiger partial charge in [0, 0.05) is 23.4 Å². The van der Waals surface area contributed by atoms with E-state index in [2.05, 4.69) is 29.6 Å². The Morgan fingerprint density at radius 2 is 2.04 bits per heavy atom. The van der Waals surface area contributed by atoms with Gasteiger partial charge in [0.2, 0.25) is 11.5 Å². The monoisotopic (exact) mass is 364 g/mol. The normalized spacial score (nSPS) is 11.5. The van der Waals surface area contributed by atoms with Crippen LogP contribution in [0.1, 0.15) is 22.5 Å². The maximum absolute atomic E-state index is 12.4. The zero-order chi connectivity index (χ0) is 18.9. The molecule has 2 N–H and O–H groups in total. The minimum Gasteiger partial charge on any atom is -0.467 e. The molecule has 0 unspecified atom stereocenters. The average molecular weight is 364 g/mol. The van der Waals surface area contributed by atoms with Crippen molar-refractivity contribution in [1.29, 1.82) is 5.26 Å². The molecule has 134 valence electrons. The van der Waals surface area contributed by atoms with E-state index in [9.17, 15) is 13.2 Å². The molecule has 0 aromatic carbocycles. The first-order valence-corrected chi connectivity index (χ1v) is 7.25. The zero-order valence-corrected chi connectivity index (χ0v) is 13.3. The van der Waals surface area contributed by atoms with Gasteiger partial charge in [-0.1, -0.05) is 0 Å². The lowest BCUT2D eigenvalue weighted by molar-refractivity contribution is -0.154. The van der Waals surface area contributed by atoms with Gasteiger partial charge in [-0.25, -0.2) is 14.6 Å². The first kappa shape index (κ1) is 17.4. The van der Waals surface area contributed by atoms with Gasteiger partial charge in [0.15, 0.2) is 12.1 Å². The van der Waals surface area contributed by atoms with E-state index in [-0.39, 0.29) is 28.8 Å². The van der Waals surface area contributed by atoms with E-state index in [1.807, 2.05) is 0 Å². The highest BCUT2D eigenvalue weighted by molar-refractivity contribution is 5.85. The van der Waals surface area contributed by atoms with Crippen LogP contribution in [0.25, 0.3) is 11.2 Å². The molecule has 0 bridgehead atoms. The summed E-state index contributed by atoms with van der Waals surface area (Å²) in [6, 6.07) is 4.58. The number of nitrogens with two attached hydrogens (primary N) is 1. The predicted octanol–water partition coefficient (Wildman–Crippen LogP) is 2.31. The quantitative estimate of drug-likeness (QED) is 0.748. The number of nitriles is 1. The molecular formula is C15H11F3N6O2. The number of halogens is 3. The van der Waals surface area contributed by atoms with E-state index in [1.54, 1.807) is 13.0 Å². The second-order valence-corrected chi connectivity index (χ2v) is 5.37. The fraction of sp³-hybridized carbons (Fsp3) is 0.267. The highest BCUT2D eigenvalue weighted by atomic mass is 19.4. The lowest BCUT2D eigenvalue weighted by Gasteiger charge is -2.12. The molecule has 3 aromatic heterocycles. The molecule has 0 aliphatic carbocycles. The second kappa shape index (κ2) is 6.47. The smallest absolute Gasteiger partial charge is 0.422 e. The summed E-state index contributed by atoms with van der Waals surface area (Å²) < 4.78 is 46.3. The maximum atomic E-state index is 12.4. The first-order valence-electron chi connectivity index (χ1n) is 7.25. The molecule has 0 saturated carbocycles. The summed E-state index contributed by atoms with van der Waals surface area (Å²) in [5.74, 6) is -0.393. The molecule has 0 aliphatic rings. The summed E-state index contributed by atoms with van der Waals surface area (Å²) >= 11 is 0. The largest absolute Gasteiger partial charge is 0.467 e. The molecule has 0 fully saturated rings. The van der Waals surface area contributed by atoms with Crippen molar-refractivity contribution in [3.8, 4) is 11.9 Å². The molecule has 26 heavy (non-hydrogen) atoms. The first-order chi connectivity index (χ1) is 12.3. The number of aryl methyl sites for hydroxylation is 1. The molecule has 11 heteroatoms. The van der Waals surface area contributed by atoms with Crippen LogP contribution in [0.2, 0.25) is 0 Å². The van der Waals surface area contributed by atoms with Crippen LogP contribution < -0.4 is 10.5 Å². The Morgan fingerprint density at radius 1 is 1.27 bits per heavy atom. The van der Waals surface area contributed by atoms with Gasteiger partial charge in [-0.05, 0) is 29.4 Å². The second-order valence-electron chi connectivity index (χ2n) is 5.37. The third kappa shape index (κ3) is 3.49. The van der Waals surface area contributed by atoms with Crippen LogP contribution >= 0.6 is 0 Å². The topological polar surface area (TPSA) is 124 Å². The van der Waals surface area contributed by atoms with Crippen molar-refractivity contribution in [3.05, 3.63) is 34.6 Å². The number of fused-ring (bicyclic) bond motifs is 1. The Morgan fingerprint density at radius 3 is 2.73 bits per heavy atom. The number of hydrogen-bond acceptors (Lipinski definition) is 8. The van der Waals surface area contributed by atoms with E-state index in [1.165, 1.54) is 12.1 Å². The van der Waals surface area contributed by atoms with Crippen molar-refractivity contribution < 1.29 is 22.5 Å². The van der Waals surface area contributed by atoms with Gasteiger partial charge < -0.3 is 10.5 Å². The lowest BCUT2D eigenvalue weighted by atomic mass is 10.0. The van der Waals surface area contributed by atoms with Crippen LogP contribution in [0.5, 0.6) is 5.88 Å². The summed E-state index contributed by atoms with van der Waals surface area (Å²) in [5.41, 5.74) is 8.27. The van der Waals surface area contributed by atoms with Crippen molar-refractivity contribution in [2.75, 3.05) is 12.3 Å². The van der Waals surface area contributed by atoms with E-state index >= 15 is 0 Å². The summed E-state index contributed by atoms with van der Waals surface area (Å²) in [4.78, 5) is 8.21. The Labute approximate surface area is 144 Å². The van der Waals surface area contributed by atoms with E-state index < -0.39 is 18.7 Å². The third-order valence-electron chi connectivity index (χ3n) is 3.53. The standard InChI is InChI=1S/C15H11F3N6O2/c1-7-10(11(20)12-13(21-7)24-26-23-12)4-9-3-2-8(5-19)14(22-9)25-6-15(16,17)18/h2-3H,4,6,20H2,1H3. The molecule has 0 saturated heterocycles. The third-order valence-corrected chi connectivity index (χ3v) is 3.53. The predicted molar refractivity (Wildman–Crippen MR) is 82.1 cm³/mol. The Balaban J connectivity index is 1.94. The minimum absolute atomic E-state index is 0.100. The SMILES string of the molecule is Cc1nc2nonc2c(N)c1Cc1ccc(C#N)c(OCC(F)(F)F)n1. The van der Waals surface area contributed by atoms with Gasteiger partial charge in [-0.2, -0.15) is 18.4 Å². The van der Waals surface area contributed by atoms with Crippen molar-refractivity contribution in [2.45, 2.75) is 19.5 Å². The molecule has 0 radical (unpaired) electrons. The van der Waals surface area contributed by atoms with Crippen molar-refractivity contribution in [3.63, 3.8) is 0 Å². The number of rotatable bonds is 4. The number of alkyl halides is 3. The van der Waals surface area contributed by atoms with Gasteiger partial charge in [-0.15, -0.1) is 0 Å². The Bertz CT molecular complexity index is 1010. The molecule has 0 atom stereocenters. The van der Waals surface area contributed by atoms with Crippen LogP contribution in [0.3, 0.4) is 0 Å². The van der Waals surface area contributed by atoms with E-state index in [0.29, 0.717) is 17.0 Å². The van der Waals surface area contributed by atoms with Gasteiger partial charge in [0.1, 0.15) is 11.6 Å². The molecule has 3 heterocycles. The minimum atomic E-state index is -4.54. The average Bonchev–Trinajstić information content (AvgIpc) is 3.04. The summed E-state index contributed by atoms with van der Waals surface area (Å²) in [7, 11) is 0. The van der Waals surface area contributed by atoms with E-state index in [4.69, 9.17) is 11.0 Å². The lowest BCUT2D eigenvalue weighted by Crippen LogP contribution is -2.20. The number of anilines is 1. The summed E-state index contributed by atoms with van der Waals surface area (Å²) in [6.07, 6.45) is -4.39. The summed E-state index contributed by atoms with van der Waals surface area (Å²) in [5, 5.41) is 16.3. The van der Waals surface area contributed by atoms with Crippen molar-refractivity contribution >= 4 is 16.9 Å². The van der Waals surface area contributed by atoms with Crippen LogP contribution in [0.4, 0.5) is 18.9 Å². The van der Waals surface area contributed by atoms with Gasteiger partial charge in [-0.3, -0.25) is 0 Å². The highest BCUT2D eigenvalue weighted by Gasteiger charge is 2.29. The van der Waals surface area contributed by atoms with Crippen LogP contribution in [-0.4, -0.2) is 33.1 Å². The molecule has 0 amide bonds. The summed E-state index contributed by atoms with van der Waals surface area (Å²) in [6.45, 7) is 0.155. The molecule has 3 rings (SSSR count). The Hall–Kier alpha value is -3.42. The number of nitrogens with zero attached hydrogens (tertiary/aromatic N) is 5. The van der Waals surface area contributed by atoms with Gasteiger partial charge in [0.25, 0.3) is 0 Å². The molecule has 8 nitrogen and oxygen atoms in total. The molecule has 3 aromatic rings. The zero-order valence-electron chi connectivity index (χ0n) is 13.3. The fourth-order valence-corrected chi connectivity index (χ4v) is 2.32. The van der Waals surface area contributed by atoms with Crippen LogP contribution in [0, 0.1) is 18.3 Å². The number of pyridine rings is 2. The van der Waals surface area contributed by atoms with Crippen molar-refractivity contribution in [1.82, 2.24) is 20.3 Å². The number of aromatic nitrogens is 4. The molecule has 0 spiro atoms. The van der Waals surface area contributed by atoms with Crippen LogP contribution in [-0.2, 0) is 6.42 Å². The van der Waals surface area contributed by atoms with Crippen LogP contribution in [0.15, 0.2) is 16.8 Å². The van der Waals surface area contributed by atoms with Gasteiger partial charge >= 0.3 is 6.18 Å². The van der Waals surface area contributed by atoms with Gasteiger partial charge in [0.05, 0.1) is 5.69 Å². The number of nitrogen functional groups attached to an aromatic ring is 1. The highest BCUT2D eigenvalue weighted by Crippen LogP contribution is 2.27. The fourth-order valence-electron chi connectivity index (χ4n) is 2.32. The van der Waals surface area contributed by atoms with Crippen molar-refractivity contribution in [2.24, 2.45) is 0 Å². The molecular weight excluding hydrogens is 353 g/mol. The maximum Gasteiger partial charge on any atom is 0.422 e. The van der Waals surface area contributed by atoms with E-state index in [0.717, 1.165) is 0 Å². The molecule has 0 aliphatic heterocycles. The Kier molecular flexibility index (Phi) is 4.33. The number of ether oxygens (including phenoxy) is 1. The number of hydrogen-bond donors (Lipinski definition) is 1.